The van der Waals surface area contributed by atoms with Crippen LogP contribution in [0.1, 0.15) is 52.0 Å². The van der Waals surface area contributed by atoms with Crippen LogP contribution in [0.5, 0.6) is 0 Å². The summed E-state index contributed by atoms with van der Waals surface area (Å²) >= 11 is 0. The fourth-order valence-electron chi connectivity index (χ4n) is 3.39. The molecule has 5 heteroatoms. The molecule has 2 atom stereocenters. The summed E-state index contributed by atoms with van der Waals surface area (Å²) in [6.07, 6.45) is 4.13. The molecular weight excluding hydrogens is 302 g/mol. The number of aliphatic imine (C=N–C) groups is 1. The molecule has 1 amide bonds. The lowest BCUT2D eigenvalue weighted by molar-refractivity contribution is 0.0304. The van der Waals surface area contributed by atoms with Gasteiger partial charge in [-0.2, -0.15) is 0 Å². The Morgan fingerprint density at radius 1 is 1.25 bits per heavy atom. The molecule has 1 aliphatic heterocycles. The van der Waals surface area contributed by atoms with E-state index in [0.717, 1.165) is 24.8 Å². The number of carbonyl (C=O) groups is 1. The van der Waals surface area contributed by atoms with Crippen LogP contribution in [-0.4, -0.2) is 34.6 Å². The van der Waals surface area contributed by atoms with E-state index >= 15 is 0 Å². The molecule has 1 N–H and O–H groups in total. The number of guanidine groups is 1. The van der Waals surface area contributed by atoms with E-state index in [4.69, 9.17) is 4.74 Å². The molecule has 1 saturated heterocycles. The van der Waals surface area contributed by atoms with Gasteiger partial charge in [-0.05, 0) is 39.2 Å². The highest BCUT2D eigenvalue weighted by molar-refractivity contribution is 5.96. The summed E-state index contributed by atoms with van der Waals surface area (Å²) in [7, 11) is 0. The van der Waals surface area contributed by atoms with E-state index in [1.807, 2.05) is 51.1 Å². The van der Waals surface area contributed by atoms with Crippen molar-refractivity contribution in [1.82, 2.24) is 10.2 Å². The Balaban J connectivity index is 1.80. The molecule has 0 bridgehead atoms. The maximum Gasteiger partial charge on any atom is 0.417 e. The first-order valence-corrected chi connectivity index (χ1v) is 8.81. The van der Waals surface area contributed by atoms with E-state index in [1.54, 1.807) is 4.90 Å². The highest BCUT2D eigenvalue weighted by Crippen LogP contribution is 2.29. The molecule has 130 valence electrons. The quantitative estimate of drug-likeness (QED) is 0.900. The average Bonchev–Trinajstić information content (AvgIpc) is 2.91. The standard InChI is InChI=1S/C19H27N3O2/c1-19(2,3)24-18(23)22-16-12-8-7-11-15(16)21-17(22)20-13-14-9-5-4-6-10-14/h4-6,9-10,15-16H,7-8,11-13H2,1-3H3,(H,20,21)/t15-,16+/m1/s1. The zero-order valence-corrected chi connectivity index (χ0v) is 14.8. The van der Waals surface area contributed by atoms with Gasteiger partial charge in [0, 0.05) is 0 Å². The second-order valence-corrected chi connectivity index (χ2v) is 7.58. The van der Waals surface area contributed by atoms with Crippen molar-refractivity contribution < 1.29 is 9.53 Å². The van der Waals surface area contributed by atoms with Gasteiger partial charge in [0.1, 0.15) is 5.60 Å². The number of rotatable bonds is 2. The van der Waals surface area contributed by atoms with Gasteiger partial charge < -0.3 is 10.1 Å². The van der Waals surface area contributed by atoms with Gasteiger partial charge in [-0.25, -0.2) is 14.7 Å². The molecular formula is C19H27N3O2. The third-order valence-corrected chi connectivity index (χ3v) is 4.45. The molecule has 1 saturated carbocycles. The minimum absolute atomic E-state index is 0.156. The lowest BCUT2D eigenvalue weighted by Gasteiger charge is -2.31. The fourth-order valence-corrected chi connectivity index (χ4v) is 3.39. The minimum atomic E-state index is -0.506. The Bertz CT molecular complexity index is 607. The van der Waals surface area contributed by atoms with Crippen LogP contribution in [0, 0.1) is 0 Å². The van der Waals surface area contributed by atoms with Crippen LogP contribution in [-0.2, 0) is 11.3 Å². The predicted octanol–water partition coefficient (Wildman–Crippen LogP) is 3.69. The lowest BCUT2D eigenvalue weighted by Crippen LogP contribution is -2.45. The first-order valence-electron chi connectivity index (χ1n) is 8.81. The van der Waals surface area contributed by atoms with Gasteiger partial charge in [-0.1, -0.05) is 43.2 Å². The topological polar surface area (TPSA) is 53.9 Å². The molecule has 0 radical (unpaired) electrons. The van der Waals surface area contributed by atoms with Gasteiger partial charge in [-0.3, -0.25) is 0 Å². The Kier molecular flexibility index (Phi) is 4.78. The van der Waals surface area contributed by atoms with Crippen LogP contribution < -0.4 is 5.32 Å². The summed E-state index contributed by atoms with van der Waals surface area (Å²) in [6, 6.07) is 10.5. The van der Waals surface area contributed by atoms with E-state index in [-0.39, 0.29) is 12.1 Å². The molecule has 0 unspecified atom stereocenters. The lowest BCUT2D eigenvalue weighted by atomic mass is 9.91. The second-order valence-electron chi connectivity index (χ2n) is 7.58. The normalized spacial score (nSPS) is 25.3. The third-order valence-electron chi connectivity index (χ3n) is 4.45. The number of amides is 1. The summed E-state index contributed by atoms with van der Waals surface area (Å²) in [6.45, 7) is 6.25. The molecule has 1 aliphatic carbocycles. The van der Waals surface area contributed by atoms with Crippen molar-refractivity contribution in [2.24, 2.45) is 4.99 Å². The van der Waals surface area contributed by atoms with E-state index in [0.29, 0.717) is 18.5 Å². The molecule has 24 heavy (non-hydrogen) atoms. The number of ether oxygens (including phenoxy) is 1. The van der Waals surface area contributed by atoms with Gasteiger partial charge in [0.15, 0.2) is 0 Å². The van der Waals surface area contributed by atoms with Crippen LogP contribution in [0.25, 0.3) is 0 Å². The summed E-state index contributed by atoms with van der Waals surface area (Å²) in [5.41, 5.74) is 0.625. The van der Waals surface area contributed by atoms with Crippen LogP contribution in [0.3, 0.4) is 0 Å². The summed E-state index contributed by atoms with van der Waals surface area (Å²) in [4.78, 5) is 19.1. The number of hydrogen-bond donors (Lipinski definition) is 1. The molecule has 2 aliphatic rings. The zero-order chi connectivity index (χ0) is 17.2. The second kappa shape index (κ2) is 6.83. The summed E-state index contributed by atoms with van der Waals surface area (Å²) in [5, 5.41) is 3.45. The third kappa shape index (κ3) is 3.89. The number of nitrogens with one attached hydrogen (secondary N) is 1. The van der Waals surface area contributed by atoms with E-state index < -0.39 is 5.60 Å². The molecule has 2 fully saturated rings. The molecule has 0 spiro atoms. The Labute approximate surface area is 144 Å². The summed E-state index contributed by atoms with van der Waals surface area (Å²) in [5.74, 6) is 0.657. The minimum Gasteiger partial charge on any atom is -0.443 e. The maximum absolute atomic E-state index is 12.7. The number of hydrogen-bond acceptors (Lipinski definition) is 3. The van der Waals surface area contributed by atoms with Gasteiger partial charge in [0.25, 0.3) is 0 Å². The maximum atomic E-state index is 12.7. The van der Waals surface area contributed by atoms with Crippen molar-refractivity contribution in [2.45, 2.75) is 70.7 Å². The monoisotopic (exact) mass is 329 g/mol. The Morgan fingerprint density at radius 2 is 1.96 bits per heavy atom. The van der Waals surface area contributed by atoms with Crippen molar-refractivity contribution in [3.8, 4) is 0 Å². The molecule has 0 aromatic heterocycles. The Morgan fingerprint density at radius 3 is 2.67 bits per heavy atom. The van der Waals surface area contributed by atoms with Gasteiger partial charge >= 0.3 is 6.09 Å². The summed E-state index contributed by atoms with van der Waals surface area (Å²) < 4.78 is 5.62. The van der Waals surface area contributed by atoms with E-state index in [2.05, 4.69) is 10.3 Å². The van der Waals surface area contributed by atoms with Crippen LogP contribution in [0.4, 0.5) is 4.79 Å². The molecule has 1 aromatic carbocycles. The number of fused-ring (bicyclic) bond motifs is 1. The Hall–Kier alpha value is -2.04. The van der Waals surface area contributed by atoms with Crippen molar-refractivity contribution >= 4 is 12.1 Å². The number of benzene rings is 1. The van der Waals surface area contributed by atoms with Crippen molar-refractivity contribution in [2.75, 3.05) is 0 Å². The fraction of sp³-hybridized carbons (Fsp3) is 0.579. The van der Waals surface area contributed by atoms with Crippen molar-refractivity contribution in [3.63, 3.8) is 0 Å². The zero-order valence-electron chi connectivity index (χ0n) is 14.8. The number of nitrogens with zero attached hydrogens (tertiary/aromatic N) is 2. The first-order chi connectivity index (χ1) is 11.4. The van der Waals surface area contributed by atoms with Gasteiger partial charge in [-0.15, -0.1) is 0 Å². The largest absolute Gasteiger partial charge is 0.443 e. The SMILES string of the molecule is CC(C)(C)OC(=O)N1C(=NCc2ccccc2)N[C@@H]2CCCC[C@@H]21. The highest BCUT2D eigenvalue weighted by atomic mass is 16.6. The molecule has 1 aromatic rings. The molecule has 3 rings (SSSR count). The first kappa shape index (κ1) is 16.8. The van der Waals surface area contributed by atoms with Gasteiger partial charge in [0.2, 0.25) is 5.96 Å². The smallest absolute Gasteiger partial charge is 0.417 e. The molecule has 1 heterocycles. The van der Waals surface area contributed by atoms with E-state index in [1.165, 1.54) is 6.42 Å². The van der Waals surface area contributed by atoms with Crippen molar-refractivity contribution in [1.29, 1.82) is 0 Å². The van der Waals surface area contributed by atoms with E-state index in [9.17, 15) is 4.79 Å². The average molecular weight is 329 g/mol. The molecule has 5 nitrogen and oxygen atoms in total. The number of carbonyl (C=O) groups excluding carboxylic acids is 1. The van der Waals surface area contributed by atoms with Crippen LogP contribution in [0.2, 0.25) is 0 Å². The van der Waals surface area contributed by atoms with Gasteiger partial charge in [0.05, 0.1) is 18.6 Å². The highest BCUT2D eigenvalue weighted by Gasteiger charge is 2.44. The van der Waals surface area contributed by atoms with Crippen LogP contribution in [0.15, 0.2) is 35.3 Å². The van der Waals surface area contributed by atoms with Crippen LogP contribution >= 0.6 is 0 Å². The predicted molar refractivity (Wildman–Crippen MR) is 94.8 cm³/mol. The van der Waals surface area contributed by atoms with Crippen molar-refractivity contribution in [3.05, 3.63) is 35.9 Å².